The van der Waals surface area contributed by atoms with Crippen molar-refractivity contribution in [2.24, 2.45) is 5.92 Å². The molecule has 7 nitrogen and oxygen atoms in total. The fraction of sp³-hybridized carbons (Fsp3) is 0.421. The van der Waals surface area contributed by atoms with Crippen LogP contribution in [0.1, 0.15) is 31.5 Å². The lowest BCUT2D eigenvalue weighted by molar-refractivity contribution is -0.143. The van der Waals surface area contributed by atoms with Crippen LogP contribution in [0.4, 0.5) is 4.79 Å². The lowest BCUT2D eigenvalue weighted by atomic mass is 10.0. The predicted molar refractivity (Wildman–Crippen MR) is 107 cm³/mol. The number of halogens is 2. The highest BCUT2D eigenvalue weighted by Gasteiger charge is 2.30. The van der Waals surface area contributed by atoms with Gasteiger partial charge in [-0.15, -0.1) is 0 Å². The number of rotatable bonds is 9. The summed E-state index contributed by atoms with van der Waals surface area (Å²) in [4.78, 5) is 24.2. The van der Waals surface area contributed by atoms with Crippen LogP contribution in [0.15, 0.2) is 30.5 Å². The van der Waals surface area contributed by atoms with Gasteiger partial charge < -0.3 is 10.2 Å². The van der Waals surface area contributed by atoms with Crippen LogP contribution in [0.2, 0.25) is 10.0 Å². The lowest BCUT2D eigenvalue weighted by Gasteiger charge is -2.27. The largest absolute Gasteiger partial charge is 0.480 e. The molecule has 2 aromatic rings. The number of hydrogen-bond donors (Lipinski definition) is 2. The van der Waals surface area contributed by atoms with E-state index in [0.29, 0.717) is 23.0 Å². The van der Waals surface area contributed by atoms with Crippen molar-refractivity contribution >= 4 is 35.3 Å². The van der Waals surface area contributed by atoms with Gasteiger partial charge in [-0.2, -0.15) is 5.10 Å². The Labute approximate surface area is 173 Å². The first kappa shape index (κ1) is 22.0. The number of carbonyl (C=O) groups is 2. The maximum atomic E-state index is 11.6. The van der Waals surface area contributed by atoms with Crippen molar-refractivity contribution in [3.05, 3.63) is 51.8 Å². The number of benzene rings is 1. The third kappa shape index (κ3) is 6.14. The molecule has 0 bridgehead atoms. The molecule has 28 heavy (non-hydrogen) atoms. The molecule has 0 spiro atoms. The quantitative estimate of drug-likeness (QED) is 0.622. The maximum absolute atomic E-state index is 11.6. The van der Waals surface area contributed by atoms with Crippen LogP contribution >= 0.6 is 23.2 Å². The molecular weight excluding hydrogens is 405 g/mol. The van der Waals surface area contributed by atoms with Gasteiger partial charge in [0.1, 0.15) is 6.04 Å². The van der Waals surface area contributed by atoms with Crippen LogP contribution in [0.5, 0.6) is 0 Å². The molecule has 0 aliphatic rings. The Bertz CT molecular complexity index is 818. The van der Waals surface area contributed by atoms with Gasteiger partial charge in [-0.25, -0.2) is 9.59 Å². The van der Waals surface area contributed by atoms with Crippen molar-refractivity contribution in [1.29, 1.82) is 0 Å². The van der Waals surface area contributed by atoms with Crippen molar-refractivity contribution in [3.8, 4) is 0 Å². The van der Waals surface area contributed by atoms with Gasteiger partial charge >= 0.3 is 12.1 Å². The molecule has 1 aromatic heterocycles. The van der Waals surface area contributed by atoms with Gasteiger partial charge in [0, 0.05) is 34.9 Å². The summed E-state index contributed by atoms with van der Waals surface area (Å²) in [6, 6.07) is 5.91. The van der Waals surface area contributed by atoms with Gasteiger partial charge in [0.2, 0.25) is 0 Å². The highest BCUT2D eigenvalue weighted by molar-refractivity contribution is 6.34. The number of nitrogens with zero attached hydrogens (tertiary/aromatic N) is 3. The number of hydrogen-bond acceptors (Lipinski definition) is 3. The zero-order valence-electron chi connectivity index (χ0n) is 15.7. The number of aliphatic carboxylic acids is 1. The van der Waals surface area contributed by atoms with Crippen molar-refractivity contribution in [1.82, 2.24) is 14.7 Å². The van der Waals surface area contributed by atoms with Crippen molar-refractivity contribution < 1.29 is 19.8 Å². The molecule has 1 atom stereocenters. The molecule has 2 N–H and O–H groups in total. The van der Waals surface area contributed by atoms with Crippen LogP contribution in [0.25, 0.3) is 0 Å². The van der Waals surface area contributed by atoms with Crippen LogP contribution in [0.3, 0.4) is 0 Å². The van der Waals surface area contributed by atoms with E-state index < -0.39 is 18.1 Å². The first-order valence-corrected chi connectivity index (χ1v) is 9.61. The Hall–Kier alpha value is -2.25. The van der Waals surface area contributed by atoms with Gasteiger partial charge in [-0.05, 0) is 42.2 Å². The summed E-state index contributed by atoms with van der Waals surface area (Å²) >= 11 is 12.1. The van der Waals surface area contributed by atoms with Crippen LogP contribution in [0, 0.1) is 5.92 Å². The second-order valence-electron chi connectivity index (χ2n) is 6.97. The third-order valence-electron chi connectivity index (χ3n) is 4.27. The minimum atomic E-state index is -1.25. The first-order valence-electron chi connectivity index (χ1n) is 8.85. The molecule has 152 valence electrons. The molecule has 0 fully saturated rings. The molecule has 0 aliphatic carbocycles. The van der Waals surface area contributed by atoms with Gasteiger partial charge in [-0.1, -0.05) is 37.0 Å². The van der Waals surface area contributed by atoms with E-state index in [2.05, 4.69) is 5.10 Å². The normalized spacial score (nSPS) is 12.2. The summed E-state index contributed by atoms with van der Waals surface area (Å²) in [6.07, 6.45) is 0.959. The van der Waals surface area contributed by atoms with Crippen LogP contribution < -0.4 is 0 Å². The average molecular weight is 428 g/mol. The summed E-state index contributed by atoms with van der Waals surface area (Å²) in [7, 11) is 0. The lowest BCUT2D eigenvalue weighted by Crippen LogP contribution is -2.46. The smallest absolute Gasteiger partial charge is 0.408 e. The van der Waals surface area contributed by atoms with Gasteiger partial charge in [0.25, 0.3) is 0 Å². The first-order chi connectivity index (χ1) is 13.2. The Morgan fingerprint density at radius 1 is 1.18 bits per heavy atom. The fourth-order valence-electron chi connectivity index (χ4n) is 3.02. The van der Waals surface area contributed by atoms with Gasteiger partial charge in [0.15, 0.2) is 0 Å². The van der Waals surface area contributed by atoms with Crippen molar-refractivity contribution in [2.45, 2.75) is 39.3 Å². The molecule has 0 saturated carbocycles. The molecule has 1 amide bonds. The molecule has 1 aromatic carbocycles. The highest BCUT2D eigenvalue weighted by atomic mass is 35.5. The van der Waals surface area contributed by atoms with E-state index in [-0.39, 0.29) is 18.9 Å². The van der Waals surface area contributed by atoms with E-state index in [9.17, 15) is 19.8 Å². The van der Waals surface area contributed by atoms with Crippen LogP contribution in [-0.4, -0.2) is 49.5 Å². The van der Waals surface area contributed by atoms with Crippen molar-refractivity contribution in [3.63, 3.8) is 0 Å². The number of amides is 1. The average Bonchev–Trinajstić information content (AvgIpc) is 2.99. The van der Waals surface area contributed by atoms with Gasteiger partial charge in [0.05, 0.1) is 6.54 Å². The standard InChI is InChI=1S/C19H23Cl2N3O4/c1-12(2)7-17(18(25)26)23(19(27)28)6-4-16-3-5-22-24(16)11-13-8-14(20)10-15(21)9-13/h3,5,8-10,12,17H,4,6-7,11H2,1-2H3,(H,25,26)(H,27,28). The number of carboxylic acids is 1. The Balaban J connectivity index is 2.13. The van der Waals surface area contributed by atoms with E-state index in [1.165, 1.54) is 0 Å². The molecule has 9 heteroatoms. The topological polar surface area (TPSA) is 95.7 Å². The second-order valence-corrected chi connectivity index (χ2v) is 7.84. The summed E-state index contributed by atoms with van der Waals surface area (Å²) < 4.78 is 1.72. The maximum Gasteiger partial charge on any atom is 0.408 e. The Kier molecular flexibility index (Phi) is 7.71. The summed E-state index contributed by atoms with van der Waals surface area (Å²) in [6.45, 7) is 4.20. The van der Waals surface area contributed by atoms with Crippen molar-refractivity contribution in [2.75, 3.05) is 6.54 Å². The molecular formula is C19H23Cl2N3O4. The van der Waals surface area contributed by atoms with Gasteiger partial charge in [-0.3, -0.25) is 9.58 Å². The predicted octanol–water partition coefficient (Wildman–Crippen LogP) is 4.26. The zero-order chi connectivity index (χ0) is 20.8. The molecule has 2 rings (SSSR count). The van der Waals surface area contributed by atoms with E-state index in [1.807, 2.05) is 13.8 Å². The zero-order valence-corrected chi connectivity index (χ0v) is 17.2. The molecule has 1 unspecified atom stereocenters. The highest BCUT2D eigenvalue weighted by Crippen LogP contribution is 2.20. The summed E-state index contributed by atoms with van der Waals surface area (Å²) in [5.74, 6) is -1.08. The fourth-order valence-corrected chi connectivity index (χ4v) is 3.59. The van der Waals surface area contributed by atoms with E-state index >= 15 is 0 Å². The molecule has 1 heterocycles. The summed E-state index contributed by atoms with van der Waals surface area (Å²) in [5.41, 5.74) is 1.65. The minimum Gasteiger partial charge on any atom is -0.480 e. The number of carboxylic acid groups (broad SMARTS) is 2. The number of aromatic nitrogens is 2. The third-order valence-corrected chi connectivity index (χ3v) is 4.71. The van der Waals surface area contributed by atoms with Crippen LogP contribution in [-0.2, 0) is 17.8 Å². The van der Waals surface area contributed by atoms with E-state index in [4.69, 9.17) is 23.2 Å². The minimum absolute atomic E-state index is 0.0565. The summed E-state index contributed by atoms with van der Waals surface area (Å²) in [5, 5.41) is 24.3. The van der Waals surface area contributed by atoms with E-state index in [0.717, 1.165) is 16.2 Å². The van der Waals surface area contributed by atoms with E-state index in [1.54, 1.807) is 35.1 Å². The molecule has 0 radical (unpaired) electrons. The molecule has 0 aliphatic heterocycles. The molecule has 0 saturated heterocycles. The Morgan fingerprint density at radius 3 is 2.36 bits per heavy atom. The second kappa shape index (κ2) is 9.80. The monoisotopic (exact) mass is 427 g/mol. The SMILES string of the molecule is CC(C)CC(C(=O)O)N(CCc1ccnn1Cc1cc(Cl)cc(Cl)c1)C(=O)O. The Morgan fingerprint density at radius 2 is 1.82 bits per heavy atom.